The molecule has 0 amide bonds. The second-order valence-electron chi connectivity index (χ2n) is 9.26. The lowest BCUT2D eigenvalue weighted by molar-refractivity contribution is -0.0712. The van der Waals surface area contributed by atoms with Crippen molar-refractivity contribution in [2.24, 2.45) is 23.2 Å². The van der Waals surface area contributed by atoms with Gasteiger partial charge in [0, 0.05) is 12.1 Å². The maximum atomic E-state index is 13.3. The highest BCUT2D eigenvalue weighted by Crippen LogP contribution is 2.61. The zero-order valence-electron chi connectivity index (χ0n) is 17.2. The number of hydrogen-bond donors (Lipinski definition) is 1. The average molecular weight is 408 g/mol. The summed E-state index contributed by atoms with van der Waals surface area (Å²) in [6, 6.07) is 4.84. The van der Waals surface area contributed by atoms with E-state index in [2.05, 4.69) is 11.6 Å². The van der Waals surface area contributed by atoms with Crippen molar-refractivity contribution in [3.8, 4) is 11.5 Å². The first-order chi connectivity index (χ1) is 13.4. The lowest BCUT2D eigenvalue weighted by atomic mass is 9.47. The Morgan fingerprint density at radius 1 is 1.04 bits per heavy atom. The summed E-state index contributed by atoms with van der Waals surface area (Å²) in [5.41, 5.74) is 0.147. The fourth-order valence-electron chi connectivity index (χ4n) is 6.62. The summed E-state index contributed by atoms with van der Waals surface area (Å²) in [4.78, 5) is 0.246. The lowest BCUT2D eigenvalue weighted by Gasteiger charge is -2.59. The van der Waals surface area contributed by atoms with Gasteiger partial charge in [0.25, 0.3) is 0 Å². The Labute approximate surface area is 169 Å². The molecule has 1 atom stereocenters. The number of hydrogen-bond acceptors (Lipinski definition) is 4. The minimum Gasteiger partial charge on any atom is -0.493 e. The van der Waals surface area contributed by atoms with Crippen molar-refractivity contribution in [2.45, 2.75) is 69.2 Å². The van der Waals surface area contributed by atoms with E-state index >= 15 is 0 Å². The maximum absolute atomic E-state index is 13.3. The monoisotopic (exact) mass is 407 g/mol. The lowest BCUT2D eigenvalue weighted by Crippen LogP contribution is -2.56. The molecule has 1 aromatic carbocycles. The average Bonchev–Trinajstić information content (AvgIpc) is 2.66. The molecule has 4 aliphatic rings. The first-order valence-electron chi connectivity index (χ1n) is 10.6. The minimum absolute atomic E-state index is 0.0176. The van der Waals surface area contributed by atoms with Crippen LogP contribution in [0.4, 0.5) is 0 Å². The van der Waals surface area contributed by atoms with Gasteiger partial charge in [0.05, 0.1) is 19.1 Å². The van der Waals surface area contributed by atoms with Gasteiger partial charge in [-0.3, -0.25) is 0 Å². The fraction of sp³-hybridized carbons (Fsp3) is 0.727. The Kier molecular flexibility index (Phi) is 5.38. The standard InChI is InChI=1S/C22H33NO4S/c1-4-5-21(22-12-15-8-16(13-22)10-17(9-15)14-22)23-28(24,25)18-6-7-19(26-2)20(11-18)27-3/h6-7,11,15-17,21,23H,4-5,8-10,12-14H2,1-3H3. The zero-order valence-corrected chi connectivity index (χ0v) is 18.1. The van der Waals surface area contributed by atoms with E-state index in [1.807, 2.05) is 0 Å². The first kappa shape index (κ1) is 20.0. The van der Waals surface area contributed by atoms with Crippen molar-refractivity contribution in [3.63, 3.8) is 0 Å². The predicted octanol–water partition coefficient (Wildman–Crippen LogP) is 4.37. The van der Waals surface area contributed by atoms with Gasteiger partial charge in [-0.15, -0.1) is 0 Å². The third-order valence-corrected chi connectivity index (χ3v) is 8.83. The molecule has 0 aromatic heterocycles. The van der Waals surface area contributed by atoms with Crippen molar-refractivity contribution in [1.82, 2.24) is 4.72 Å². The van der Waals surface area contributed by atoms with E-state index in [1.165, 1.54) is 45.6 Å². The van der Waals surface area contributed by atoms with Gasteiger partial charge < -0.3 is 9.47 Å². The van der Waals surface area contributed by atoms with E-state index in [4.69, 9.17) is 9.47 Å². The molecule has 4 saturated carbocycles. The minimum atomic E-state index is -3.62. The fourth-order valence-corrected chi connectivity index (χ4v) is 8.01. The van der Waals surface area contributed by atoms with Crippen LogP contribution < -0.4 is 14.2 Å². The molecule has 5 nitrogen and oxygen atoms in total. The molecule has 0 heterocycles. The van der Waals surface area contributed by atoms with Crippen LogP contribution in [0, 0.1) is 23.2 Å². The maximum Gasteiger partial charge on any atom is 0.240 e. The van der Waals surface area contributed by atoms with Gasteiger partial charge in [-0.25, -0.2) is 13.1 Å². The second kappa shape index (κ2) is 7.52. The van der Waals surface area contributed by atoms with Gasteiger partial charge in [0.2, 0.25) is 10.0 Å². The third kappa shape index (κ3) is 3.54. The van der Waals surface area contributed by atoms with Gasteiger partial charge in [-0.2, -0.15) is 0 Å². The Morgan fingerprint density at radius 3 is 2.11 bits per heavy atom. The summed E-state index contributed by atoms with van der Waals surface area (Å²) < 4.78 is 40.2. The summed E-state index contributed by atoms with van der Waals surface area (Å²) in [6.07, 6.45) is 9.55. The number of methoxy groups -OCH3 is 2. The Morgan fingerprint density at radius 2 is 1.61 bits per heavy atom. The van der Waals surface area contributed by atoms with E-state index in [9.17, 15) is 8.42 Å². The predicted molar refractivity (Wildman–Crippen MR) is 109 cm³/mol. The zero-order chi connectivity index (χ0) is 19.9. The summed E-state index contributed by atoms with van der Waals surface area (Å²) >= 11 is 0. The van der Waals surface area contributed by atoms with E-state index in [0.717, 1.165) is 30.6 Å². The van der Waals surface area contributed by atoms with E-state index in [1.54, 1.807) is 25.3 Å². The van der Waals surface area contributed by atoms with Gasteiger partial charge in [-0.1, -0.05) is 13.3 Å². The van der Waals surface area contributed by atoms with Crippen LogP contribution >= 0.6 is 0 Å². The van der Waals surface area contributed by atoms with E-state index < -0.39 is 10.0 Å². The van der Waals surface area contributed by atoms with Gasteiger partial charge in [-0.05, 0) is 80.2 Å². The van der Waals surface area contributed by atoms with Gasteiger partial charge >= 0.3 is 0 Å². The normalized spacial score (nSPS) is 32.3. The summed E-state index contributed by atoms with van der Waals surface area (Å²) in [6.45, 7) is 2.15. The highest BCUT2D eigenvalue weighted by Gasteiger charge is 2.54. The number of sulfonamides is 1. The second-order valence-corrected chi connectivity index (χ2v) is 11.0. The molecule has 0 saturated heterocycles. The molecule has 1 unspecified atom stereocenters. The molecule has 28 heavy (non-hydrogen) atoms. The quantitative estimate of drug-likeness (QED) is 0.695. The van der Waals surface area contributed by atoms with Crippen molar-refractivity contribution in [1.29, 1.82) is 0 Å². The molecule has 4 aliphatic carbocycles. The van der Waals surface area contributed by atoms with Crippen LogP contribution in [-0.2, 0) is 10.0 Å². The van der Waals surface area contributed by atoms with Crippen LogP contribution in [0.1, 0.15) is 58.3 Å². The first-order valence-corrected chi connectivity index (χ1v) is 12.1. The topological polar surface area (TPSA) is 64.6 Å². The molecule has 4 bridgehead atoms. The smallest absolute Gasteiger partial charge is 0.240 e. The van der Waals surface area contributed by atoms with Crippen molar-refractivity contribution < 1.29 is 17.9 Å². The van der Waals surface area contributed by atoms with Gasteiger partial charge in [0.1, 0.15) is 0 Å². The number of ether oxygens (including phenoxy) is 2. The molecule has 4 fully saturated rings. The Hall–Kier alpha value is -1.27. The summed E-state index contributed by atoms with van der Waals surface area (Å²) in [5, 5.41) is 0. The van der Waals surface area contributed by atoms with Crippen LogP contribution in [0.3, 0.4) is 0 Å². The van der Waals surface area contributed by atoms with Crippen molar-refractivity contribution >= 4 is 10.0 Å². The molecule has 5 rings (SSSR count). The van der Waals surface area contributed by atoms with Crippen LogP contribution in [0.15, 0.2) is 23.1 Å². The van der Waals surface area contributed by atoms with Crippen molar-refractivity contribution in [2.75, 3.05) is 14.2 Å². The molecule has 0 spiro atoms. The molecule has 156 valence electrons. The highest BCUT2D eigenvalue weighted by atomic mass is 32.2. The van der Waals surface area contributed by atoms with Crippen LogP contribution in [0.25, 0.3) is 0 Å². The Balaban J connectivity index is 1.61. The summed E-state index contributed by atoms with van der Waals surface area (Å²) in [7, 11) is -0.543. The molecule has 0 aliphatic heterocycles. The SMILES string of the molecule is CCCC(NS(=O)(=O)c1ccc(OC)c(OC)c1)C12CC3CC(CC(C3)C1)C2. The largest absolute Gasteiger partial charge is 0.493 e. The molecule has 0 radical (unpaired) electrons. The number of nitrogens with one attached hydrogen (secondary N) is 1. The molecule has 1 N–H and O–H groups in total. The van der Waals surface area contributed by atoms with Crippen LogP contribution in [-0.4, -0.2) is 28.7 Å². The van der Waals surface area contributed by atoms with E-state index in [0.29, 0.717) is 11.5 Å². The van der Waals surface area contributed by atoms with Crippen LogP contribution in [0.5, 0.6) is 11.5 Å². The number of benzene rings is 1. The molecule has 1 aromatic rings. The molecule has 6 heteroatoms. The highest BCUT2D eigenvalue weighted by molar-refractivity contribution is 7.89. The third-order valence-electron chi connectivity index (χ3n) is 7.36. The van der Waals surface area contributed by atoms with Gasteiger partial charge in [0.15, 0.2) is 11.5 Å². The summed E-state index contributed by atoms with van der Waals surface area (Å²) in [5.74, 6) is 3.38. The van der Waals surface area contributed by atoms with E-state index in [-0.39, 0.29) is 16.4 Å². The Bertz CT molecular complexity index is 785. The molecular formula is C22H33NO4S. The van der Waals surface area contributed by atoms with Crippen molar-refractivity contribution in [3.05, 3.63) is 18.2 Å². The molecular weight excluding hydrogens is 374 g/mol. The number of rotatable bonds is 8. The van der Waals surface area contributed by atoms with Crippen LogP contribution in [0.2, 0.25) is 0 Å².